The average molecular weight is 349 g/mol. The molecule has 6 nitrogen and oxygen atoms in total. The van der Waals surface area contributed by atoms with Crippen LogP contribution in [0.1, 0.15) is 22.3 Å². The molecule has 2 aromatic rings. The summed E-state index contributed by atoms with van der Waals surface area (Å²) in [5.41, 5.74) is 0.990. The molecule has 0 saturated carbocycles. The number of non-ortho nitro benzene ring substituents is 1. The molecule has 0 unspecified atom stereocenters. The maximum absolute atomic E-state index is 12.1. The van der Waals surface area contributed by atoms with Gasteiger partial charge in [0.1, 0.15) is 5.75 Å². The van der Waals surface area contributed by atoms with Crippen LogP contribution in [0, 0.1) is 10.1 Å². The Labute approximate surface area is 144 Å². The van der Waals surface area contributed by atoms with Crippen molar-refractivity contribution >= 4 is 23.2 Å². The van der Waals surface area contributed by atoms with Gasteiger partial charge < -0.3 is 10.1 Å². The van der Waals surface area contributed by atoms with Gasteiger partial charge in [0.15, 0.2) is 0 Å². The molecule has 0 aliphatic heterocycles. The van der Waals surface area contributed by atoms with Crippen molar-refractivity contribution in [2.24, 2.45) is 0 Å². The normalized spacial score (nSPS) is 10.2. The first-order valence-electron chi connectivity index (χ1n) is 7.37. The third-order valence-electron chi connectivity index (χ3n) is 3.51. The van der Waals surface area contributed by atoms with Gasteiger partial charge in [-0.05, 0) is 30.5 Å². The lowest BCUT2D eigenvalue weighted by molar-refractivity contribution is -0.384. The minimum atomic E-state index is -0.561. The molecule has 0 spiro atoms. The van der Waals surface area contributed by atoms with E-state index < -0.39 is 10.8 Å². The summed E-state index contributed by atoms with van der Waals surface area (Å²) in [5, 5.41) is 13.7. The molecule has 1 N–H and O–H groups in total. The Morgan fingerprint density at radius 2 is 2.04 bits per heavy atom. The standard InChI is InChI=1S/C17H17ClN2O4/c1-24-16-7-3-2-5-12(16)6-4-10-19-17(21)14-11-13(20(22)23)8-9-15(14)18/h2-3,5,7-9,11H,4,6,10H2,1H3,(H,19,21). The van der Waals surface area contributed by atoms with Crippen LogP contribution in [-0.2, 0) is 6.42 Å². The number of amides is 1. The number of hydrogen-bond donors (Lipinski definition) is 1. The van der Waals surface area contributed by atoms with Crippen molar-refractivity contribution in [3.8, 4) is 5.75 Å². The summed E-state index contributed by atoms with van der Waals surface area (Å²) in [7, 11) is 1.62. The van der Waals surface area contributed by atoms with Gasteiger partial charge in [0.2, 0.25) is 0 Å². The second-order valence-electron chi connectivity index (χ2n) is 5.09. The van der Waals surface area contributed by atoms with Crippen molar-refractivity contribution in [1.82, 2.24) is 5.32 Å². The average Bonchev–Trinajstić information content (AvgIpc) is 2.59. The molecule has 0 heterocycles. The second-order valence-corrected chi connectivity index (χ2v) is 5.50. The van der Waals surface area contributed by atoms with Gasteiger partial charge in [-0.1, -0.05) is 29.8 Å². The second kappa shape index (κ2) is 8.31. The number of methoxy groups -OCH3 is 1. The fourth-order valence-corrected chi connectivity index (χ4v) is 2.49. The Bertz CT molecular complexity index is 749. The number of halogens is 1. The van der Waals surface area contributed by atoms with E-state index in [9.17, 15) is 14.9 Å². The van der Waals surface area contributed by atoms with Crippen LogP contribution in [-0.4, -0.2) is 24.5 Å². The van der Waals surface area contributed by atoms with Gasteiger partial charge in [-0.2, -0.15) is 0 Å². The first kappa shape index (κ1) is 17.7. The molecule has 0 radical (unpaired) electrons. The van der Waals surface area contributed by atoms with E-state index in [1.165, 1.54) is 18.2 Å². The molecule has 0 aliphatic rings. The van der Waals surface area contributed by atoms with E-state index in [0.717, 1.165) is 17.7 Å². The number of carbonyl (C=O) groups excluding carboxylic acids is 1. The van der Waals surface area contributed by atoms with Crippen LogP contribution in [0.15, 0.2) is 42.5 Å². The Morgan fingerprint density at radius 1 is 1.29 bits per heavy atom. The maximum atomic E-state index is 12.1. The first-order chi connectivity index (χ1) is 11.5. The van der Waals surface area contributed by atoms with Crippen molar-refractivity contribution in [1.29, 1.82) is 0 Å². The van der Waals surface area contributed by atoms with Gasteiger partial charge in [-0.3, -0.25) is 14.9 Å². The van der Waals surface area contributed by atoms with Crippen molar-refractivity contribution in [2.45, 2.75) is 12.8 Å². The van der Waals surface area contributed by atoms with Crippen LogP contribution in [0.25, 0.3) is 0 Å². The summed E-state index contributed by atoms with van der Waals surface area (Å²) in [6.45, 7) is 0.426. The number of nitro groups is 1. The molecular weight excluding hydrogens is 332 g/mol. The lowest BCUT2D eigenvalue weighted by Gasteiger charge is -2.09. The van der Waals surface area contributed by atoms with Crippen LogP contribution in [0.2, 0.25) is 5.02 Å². The molecule has 24 heavy (non-hydrogen) atoms. The van der Waals surface area contributed by atoms with Gasteiger partial charge in [0, 0.05) is 18.7 Å². The number of benzene rings is 2. The number of para-hydroxylation sites is 1. The van der Waals surface area contributed by atoms with Crippen molar-refractivity contribution in [3.63, 3.8) is 0 Å². The third-order valence-corrected chi connectivity index (χ3v) is 3.84. The Balaban J connectivity index is 1.92. The topological polar surface area (TPSA) is 81.5 Å². The van der Waals surface area contributed by atoms with Gasteiger partial charge in [0.25, 0.3) is 11.6 Å². The largest absolute Gasteiger partial charge is 0.496 e. The zero-order chi connectivity index (χ0) is 17.5. The summed E-state index contributed by atoms with van der Waals surface area (Å²) in [4.78, 5) is 22.4. The fraction of sp³-hybridized carbons (Fsp3) is 0.235. The van der Waals surface area contributed by atoms with Crippen molar-refractivity contribution in [3.05, 3.63) is 68.7 Å². The first-order valence-corrected chi connectivity index (χ1v) is 7.74. The van der Waals surface area contributed by atoms with Crippen LogP contribution in [0.3, 0.4) is 0 Å². The number of hydrogen-bond acceptors (Lipinski definition) is 4. The van der Waals surface area contributed by atoms with Crippen LogP contribution in [0.4, 0.5) is 5.69 Å². The minimum absolute atomic E-state index is 0.100. The quantitative estimate of drug-likeness (QED) is 0.470. The SMILES string of the molecule is COc1ccccc1CCCNC(=O)c1cc([N+](=O)[O-])ccc1Cl. The lowest BCUT2D eigenvalue weighted by Crippen LogP contribution is -2.25. The highest BCUT2D eigenvalue weighted by Gasteiger charge is 2.15. The summed E-state index contributed by atoms with van der Waals surface area (Å²) in [5.74, 6) is 0.384. The van der Waals surface area contributed by atoms with E-state index >= 15 is 0 Å². The number of carbonyl (C=O) groups is 1. The lowest BCUT2D eigenvalue weighted by atomic mass is 10.1. The van der Waals surface area contributed by atoms with E-state index in [1.54, 1.807) is 7.11 Å². The molecule has 0 aliphatic carbocycles. The Kier molecular flexibility index (Phi) is 6.14. The Hall–Kier alpha value is -2.60. The molecule has 0 aromatic heterocycles. The highest BCUT2D eigenvalue weighted by Crippen LogP contribution is 2.22. The molecule has 2 aromatic carbocycles. The number of ether oxygens (including phenoxy) is 1. The van der Waals surface area contributed by atoms with E-state index in [0.29, 0.717) is 13.0 Å². The molecule has 0 bridgehead atoms. The van der Waals surface area contributed by atoms with E-state index in [2.05, 4.69) is 5.32 Å². The number of nitro benzene ring substituents is 1. The van der Waals surface area contributed by atoms with Gasteiger partial charge in [-0.15, -0.1) is 0 Å². The van der Waals surface area contributed by atoms with Crippen LogP contribution < -0.4 is 10.1 Å². The summed E-state index contributed by atoms with van der Waals surface area (Å²) >= 11 is 5.94. The highest BCUT2D eigenvalue weighted by molar-refractivity contribution is 6.33. The number of rotatable bonds is 7. The number of nitrogens with one attached hydrogen (secondary N) is 1. The van der Waals surface area contributed by atoms with Crippen LogP contribution >= 0.6 is 11.6 Å². The molecule has 2 rings (SSSR count). The van der Waals surface area contributed by atoms with Gasteiger partial charge >= 0.3 is 0 Å². The maximum Gasteiger partial charge on any atom is 0.270 e. The number of aryl methyl sites for hydroxylation is 1. The zero-order valence-corrected chi connectivity index (χ0v) is 13.9. The van der Waals surface area contributed by atoms with E-state index in [-0.39, 0.29) is 16.3 Å². The zero-order valence-electron chi connectivity index (χ0n) is 13.1. The molecule has 1 amide bonds. The van der Waals surface area contributed by atoms with Gasteiger partial charge in [-0.25, -0.2) is 0 Å². The predicted molar refractivity (Wildman–Crippen MR) is 91.8 cm³/mol. The Morgan fingerprint density at radius 3 is 2.75 bits per heavy atom. The smallest absolute Gasteiger partial charge is 0.270 e. The van der Waals surface area contributed by atoms with Gasteiger partial charge in [0.05, 0.1) is 22.6 Å². The molecule has 0 atom stereocenters. The van der Waals surface area contributed by atoms with Crippen LogP contribution in [0.5, 0.6) is 5.75 Å². The third kappa shape index (κ3) is 4.45. The minimum Gasteiger partial charge on any atom is -0.496 e. The molecule has 126 valence electrons. The van der Waals surface area contributed by atoms with Crippen molar-refractivity contribution in [2.75, 3.05) is 13.7 Å². The monoisotopic (exact) mass is 348 g/mol. The predicted octanol–water partition coefficient (Wildman–Crippen LogP) is 3.62. The van der Waals surface area contributed by atoms with E-state index in [1.807, 2.05) is 24.3 Å². The fourth-order valence-electron chi connectivity index (χ4n) is 2.29. The summed E-state index contributed by atoms with van der Waals surface area (Å²) in [6.07, 6.45) is 1.45. The number of nitrogens with zero attached hydrogens (tertiary/aromatic N) is 1. The molecular formula is C17H17ClN2O4. The highest BCUT2D eigenvalue weighted by atomic mass is 35.5. The van der Waals surface area contributed by atoms with Crippen molar-refractivity contribution < 1.29 is 14.5 Å². The molecule has 7 heteroatoms. The van der Waals surface area contributed by atoms with E-state index in [4.69, 9.17) is 16.3 Å². The molecule has 0 fully saturated rings. The summed E-state index contributed by atoms with van der Waals surface area (Å²) < 4.78 is 5.28. The molecule has 0 saturated heterocycles. The summed E-state index contributed by atoms with van der Waals surface area (Å²) in [6, 6.07) is 11.5.